The van der Waals surface area contributed by atoms with Gasteiger partial charge in [0, 0.05) is 38.3 Å². The van der Waals surface area contributed by atoms with E-state index in [0.717, 1.165) is 32.2 Å². The first-order valence-corrected chi connectivity index (χ1v) is 7.91. The van der Waals surface area contributed by atoms with Crippen LogP contribution in [0.4, 0.5) is 5.69 Å². The number of piperazine rings is 1. The first-order chi connectivity index (χ1) is 11.5. The summed E-state index contributed by atoms with van der Waals surface area (Å²) in [6, 6.07) is 4.43. The van der Waals surface area contributed by atoms with Crippen molar-refractivity contribution in [3.63, 3.8) is 0 Å². The first kappa shape index (κ1) is 19.1. The molecule has 25 heavy (non-hydrogen) atoms. The molecule has 2 heterocycles. The SMILES string of the molecule is CCOc1cc(N2CCN(C)CC2)c2oc(C(=O)O)cc(=O)c2c1.Cl. The molecule has 0 radical (unpaired) electrons. The molecule has 0 unspecified atom stereocenters. The number of ether oxygens (including phenoxy) is 1. The topological polar surface area (TPSA) is 83.2 Å². The second-order valence-electron chi connectivity index (χ2n) is 5.82. The Morgan fingerprint density at radius 3 is 2.52 bits per heavy atom. The van der Waals surface area contributed by atoms with Crippen molar-refractivity contribution in [2.75, 3.05) is 44.7 Å². The summed E-state index contributed by atoms with van der Waals surface area (Å²) in [6.45, 7) is 5.64. The number of hydrogen-bond acceptors (Lipinski definition) is 6. The summed E-state index contributed by atoms with van der Waals surface area (Å²) in [7, 11) is 2.05. The van der Waals surface area contributed by atoms with Crippen LogP contribution in [0, 0.1) is 0 Å². The molecule has 8 heteroatoms. The number of halogens is 1. The molecule has 1 aliphatic rings. The molecule has 1 fully saturated rings. The third kappa shape index (κ3) is 3.88. The monoisotopic (exact) mass is 368 g/mol. The highest BCUT2D eigenvalue weighted by atomic mass is 35.5. The van der Waals surface area contributed by atoms with E-state index in [2.05, 4.69) is 16.8 Å². The van der Waals surface area contributed by atoms with Gasteiger partial charge in [-0.15, -0.1) is 12.4 Å². The number of carbonyl (C=O) groups is 1. The number of fused-ring (bicyclic) bond motifs is 1. The van der Waals surface area contributed by atoms with Crippen LogP contribution in [0.25, 0.3) is 11.0 Å². The smallest absolute Gasteiger partial charge is 0.371 e. The van der Waals surface area contributed by atoms with Crippen molar-refractivity contribution < 1.29 is 19.1 Å². The van der Waals surface area contributed by atoms with Gasteiger partial charge in [0.1, 0.15) is 5.75 Å². The van der Waals surface area contributed by atoms with Gasteiger partial charge in [0.15, 0.2) is 11.0 Å². The summed E-state index contributed by atoms with van der Waals surface area (Å²) < 4.78 is 11.1. The lowest BCUT2D eigenvalue weighted by atomic mass is 10.1. The van der Waals surface area contributed by atoms with Crippen LogP contribution >= 0.6 is 12.4 Å². The van der Waals surface area contributed by atoms with Crippen LogP contribution in [-0.2, 0) is 0 Å². The lowest BCUT2D eigenvalue weighted by molar-refractivity contribution is 0.0663. The maximum atomic E-state index is 12.3. The molecule has 0 aliphatic carbocycles. The average Bonchev–Trinajstić information content (AvgIpc) is 2.55. The van der Waals surface area contributed by atoms with Crippen LogP contribution in [0.5, 0.6) is 5.75 Å². The van der Waals surface area contributed by atoms with Crippen molar-refractivity contribution in [1.82, 2.24) is 4.90 Å². The zero-order valence-corrected chi connectivity index (χ0v) is 15.0. The second kappa shape index (κ2) is 7.76. The van der Waals surface area contributed by atoms with Crippen LogP contribution < -0.4 is 15.1 Å². The predicted molar refractivity (Wildman–Crippen MR) is 97.6 cm³/mol. The minimum absolute atomic E-state index is 0. The van der Waals surface area contributed by atoms with Gasteiger partial charge in [-0.3, -0.25) is 4.79 Å². The highest BCUT2D eigenvalue weighted by Crippen LogP contribution is 2.32. The van der Waals surface area contributed by atoms with E-state index in [0.29, 0.717) is 29.0 Å². The van der Waals surface area contributed by atoms with Crippen LogP contribution in [-0.4, -0.2) is 55.8 Å². The van der Waals surface area contributed by atoms with Crippen molar-refractivity contribution in [2.45, 2.75) is 6.92 Å². The van der Waals surface area contributed by atoms with Gasteiger partial charge in [-0.25, -0.2) is 4.79 Å². The predicted octanol–water partition coefficient (Wildman–Crippen LogP) is 2.06. The minimum atomic E-state index is -1.26. The Hall–Kier alpha value is -2.25. The normalized spacial score (nSPS) is 15.0. The summed E-state index contributed by atoms with van der Waals surface area (Å²) >= 11 is 0. The van der Waals surface area contributed by atoms with Crippen LogP contribution in [0.1, 0.15) is 17.5 Å². The van der Waals surface area contributed by atoms with Crippen molar-refractivity contribution in [2.24, 2.45) is 0 Å². The van der Waals surface area contributed by atoms with Crippen LogP contribution in [0.2, 0.25) is 0 Å². The number of likely N-dealkylation sites (N-methyl/N-ethyl adjacent to an activating group) is 1. The molecule has 2 aromatic rings. The van der Waals surface area contributed by atoms with Crippen LogP contribution in [0.3, 0.4) is 0 Å². The summed E-state index contributed by atoms with van der Waals surface area (Å²) in [5.41, 5.74) is 0.614. The Kier molecular flexibility index (Phi) is 5.92. The van der Waals surface area contributed by atoms with Gasteiger partial charge in [0.25, 0.3) is 0 Å². The number of benzene rings is 1. The van der Waals surface area contributed by atoms with E-state index in [1.807, 2.05) is 13.0 Å². The molecule has 1 aromatic carbocycles. The fourth-order valence-corrected chi connectivity index (χ4v) is 2.85. The van der Waals surface area contributed by atoms with Crippen molar-refractivity contribution in [1.29, 1.82) is 0 Å². The summed E-state index contributed by atoms with van der Waals surface area (Å²) in [4.78, 5) is 27.9. The molecule has 0 spiro atoms. The second-order valence-corrected chi connectivity index (χ2v) is 5.82. The average molecular weight is 369 g/mol. The molecule has 0 bridgehead atoms. The number of anilines is 1. The molecule has 0 atom stereocenters. The lowest BCUT2D eigenvalue weighted by Crippen LogP contribution is -2.44. The molecular formula is C17H21ClN2O5. The zero-order chi connectivity index (χ0) is 17.3. The molecule has 0 saturated carbocycles. The largest absolute Gasteiger partial charge is 0.494 e. The highest BCUT2D eigenvalue weighted by Gasteiger charge is 2.21. The molecular weight excluding hydrogens is 348 g/mol. The standard InChI is InChI=1S/C17H20N2O5.ClH/c1-3-23-11-8-12-14(20)10-15(17(21)22)24-16(12)13(9-11)19-6-4-18(2)5-7-19;/h8-10H,3-7H2,1-2H3,(H,21,22);1H. The summed E-state index contributed by atoms with van der Waals surface area (Å²) in [5, 5.41) is 9.50. The van der Waals surface area contributed by atoms with E-state index in [9.17, 15) is 9.59 Å². The fraction of sp³-hybridized carbons (Fsp3) is 0.412. The Morgan fingerprint density at radius 2 is 1.92 bits per heavy atom. The first-order valence-electron chi connectivity index (χ1n) is 7.91. The van der Waals surface area contributed by atoms with Gasteiger partial charge < -0.3 is 24.1 Å². The Morgan fingerprint density at radius 1 is 1.24 bits per heavy atom. The minimum Gasteiger partial charge on any atom is -0.494 e. The van der Waals surface area contributed by atoms with Gasteiger partial charge in [-0.05, 0) is 20.0 Å². The zero-order valence-electron chi connectivity index (χ0n) is 14.2. The van der Waals surface area contributed by atoms with Gasteiger partial charge in [-0.2, -0.15) is 0 Å². The van der Waals surface area contributed by atoms with E-state index >= 15 is 0 Å². The maximum absolute atomic E-state index is 12.3. The van der Waals surface area contributed by atoms with E-state index in [1.165, 1.54) is 0 Å². The van der Waals surface area contributed by atoms with E-state index in [4.69, 9.17) is 14.3 Å². The highest BCUT2D eigenvalue weighted by molar-refractivity contribution is 5.93. The van der Waals surface area contributed by atoms with Gasteiger partial charge in [-0.1, -0.05) is 0 Å². The maximum Gasteiger partial charge on any atom is 0.371 e. The number of nitrogens with zero attached hydrogens (tertiary/aromatic N) is 2. The number of hydrogen-bond donors (Lipinski definition) is 1. The molecule has 7 nitrogen and oxygen atoms in total. The van der Waals surface area contributed by atoms with Crippen molar-refractivity contribution >= 4 is 35.0 Å². The number of carboxylic acids is 1. The molecule has 3 rings (SSSR count). The molecule has 136 valence electrons. The Bertz CT molecular complexity index is 828. The van der Waals surface area contributed by atoms with Crippen LogP contribution in [0.15, 0.2) is 27.4 Å². The van der Waals surface area contributed by atoms with Gasteiger partial charge in [0.05, 0.1) is 17.7 Å². The third-order valence-electron chi connectivity index (χ3n) is 4.15. The Balaban J connectivity index is 0.00000225. The van der Waals surface area contributed by atoms with E-state index < -0.39 is 5.97 Å². The van der Waals surface area contributed by atoms with Crippen molar-refractivity contribution in [3.05, 3.63) is 34.2 Å². The quantitative estimate of drug-likeness (QED) is 0.884. The number of carboxylic acid groups (broad SMARTS) is 1. The molecule has 1 aliphatic heterocycles. The van der Waals surface area contributed by atoms with E-state index in [-0.39, 0.29) is 23.6 Å². The number of aromatic carboxylic acids is 1. The van der Waals surface area contributed by atoms with Gasteiger partial charge >= 0.3 is 5.97 Å². The Labute approximate surface area is 151 Å². The molecule has 0 amide bonds. The van der Waals surface area contributed by atoms with Crippen molar-refractivity contribution in [3.8, 4) is 5.75 Å². The third-order valence-corrected chi connectivity index (χ3v) is 4.15. The molecule has 1 aromatic heterocycles. The summed E-state index contributed by atoms with van der Waals surface area (Å²) in [5.74, 6) is -1.03. The van der Waals surface area contributed by atoms with E-state index in [1.54, 1.807) is 6.07 Å². The lowest BCUT2D eigenvalue weighted by Gasteiger charge is -2.34. The summed E-state index contributed by atoms with van der Waals surface area (Å²) in [6.07, 6.45) is 0. The molecule has 1 saturated heterocycles. The molecule has 1 N–H and O–H groups in total. The number of rotatable bonds is 4. The fourth-order valence-electron chi connectivity index (χ4n) is 2.85. The van der Waals surface area contributed by atoms with Gasteiger partial charge in [0.2, 0.25) is 5.76 Å².